The zero-order valence-electron chi connectivity index (χ0n) is 12.2. The molecule has 0 spiro atoms. The molecule has 0 radical (unpaired) electrons. The van der Waals surface area contributed by atoms with Crippen molar-refractivity contribution in [1.82, 2.24) is 15.2 Å². The molecular formula is C18H13N3O2. The molecule has 0 aliphatic heterocycles. The monoisotopic (exact) mass is 303 g/mol. The molecular weight excluding hydrogens is 290 g/mol. The van der Waals surface area contributed by atoms with Gasteiger partial charge in [0, 0.05) is 16.3 Å². The Balaban J connectivity index is 1.54. The maximum Gasteiger partial charge on any atom is 0.241 e. The highest BCUT2D eigenvalue weighted by molar-refractivity contribution is 5.85. The first-order valence-corrected chi connectivity index (χ1v) is 7.23. The van der Waals surface area contributed by atoms with Crippen molar-refractivity contribution in [2.45, 2.75) is 6.61 Å². The van der Waals surface area contributed by atoms with Gasteiger partial charge in [-0.05, 0) is 18.2 Å². The fourth-order valence-corrected chi connectivity index (χ4v) is 2.34. The van der Waals surface area contributed by atoms with Gasteiger partial charge >= 0.3 is 0 Å². The van der Waals surface area contributed by atoms with Crippen LogP contribution in [0.3, 0.4) is 0 Å². The van der Waals surface area contributed by atoms with E-state index in [1.165, 1.54) is 0 Å². The second-order valence-corrected chi connectivity index (χ2v) is 5.04. The average molecular weight is 303 g/mol. The average Bonchev–Trinajstić information content (AvgIpc) is 3.10. The Morgan fingerprint density at radius 2 is 1.78 bits per heavy atom. The summed E-state index contributed by atoms with van der Waals surface area (Å²) in [6.45, 7) is 0.277. The summed E-state index contributed by atoms with van der Waals surface area (Å²) < 4.78 is 11.3. The lowest BCUT2D eigenvalue weighted by Crippen LogP contribution is -1.99. The Morgan fingerprint density at radius 1 is 0.957 bits per heavy atom. The molecule has 5 heteroatoms. The van der Waals surface area contributed by atoms with Gasteiger partial charge in [-0.1, -0.05) is 36.4 Å². The van der Waals surface area contributed by atoms with Crippen molar-refractivity contribution >= 4 is 10.8 Å². The number of oxazole rings is 1. The summed E-state index contributed by atoms with van der Waals surface area (Å²) in [6.07, 6.45) is 3.31. The maximum absolute atomic E-state index is 5.76. The number of nitrogens with zero attached hydrogens (tertiary/aromatic N) is 3. The number of ether oxygens (including phenoxy) is 1. The van der Waals surface area contributed by atoms with Crippen LogP contribution in [0.1, 0.15) is 5.69 Å². The molecule has 112 valence electrons. The molecule has 0 amide bonds. The van der Waals surface area contributed by atoms with Gasteiger partial charge in [-0.25, -0.2) is 4.98 Å². The van der Waals surface area contributed by atoms with E-state index in [1.54, 1.807) is 12.5 Å². The minimum atomic E-state index is 0.277. The van der Waals surface area contributed by atoms with Crippen molar-refractivity contribution in [2.75, 3.05) is 0 Å². The maximum atomic E-state index is 5.76. The molecule has 0 saturated heterocycles. The van der Waals surface area contributed by atoms with Crippen molar-refractivity contribution in [1.29, 1.82) is 0 Å². The first-order chi connectivity index (χ1) is 11.4. The zero-order valence-corrected chi connectivity index (χ0v) is 12.2. The lowest BCUT2D eigenvalue weighted by atomic mass is 10.2. The fourth-order valence-electron chi connectivity index (χ4n) is 2.34. The summed E-state index contributed by atoms with van der Waals surface area (Å²) >= 11 is 0. The lowest BCUT2D eigenvalue weighted by molar-refractivity contribution is 0.289. The molecule has 0 unspecified atom stereocenters. The van der Waals surface area contributed by atoms with Crippen molar-refractivity contribution in [3.8, 4) is 17.3 Å². The predicted octanol–water partition coefficient (Wildman–Crippen LogP) is 3.86. The molecule has 4 aromatic rings. The molecule has 0 bridgehead atoms. The molecule has 0 saturated carbocycles. The summed E-state index contributed by atoms with van der Waals surface area (Å²) in [5.74, 6) is 1.07. The third kappa shape index (κ3) is 2.76. The van der Waals surface area contributed by atoms with Gasteiger partial charge in [0.05, 0.1) is 6.20 Å². The van der Waals surface area contributed by atoms with Gasteiger partial charge in [0.25, 0.3) is 0 Å². The normalized spacial score (nSPS) is 10.8. The molecule has 4 rings (SSSR count). The number of hydrogen-bond acceptors (Lipinski definition) is 5. The van der Waals surface area contributed by atoms with Crippen LogP contribution < -0.4 is 4.74 Å². The molecule has 0 aliphatic carbocycles. The van der Waals surface area contributed by atoms with E-state index >= 15 is 0 Å². The fraction of sp³-hybridized carbons (Fsp3) is 0.0556. The molecule has 2 aromatic heterocycles. The third-order valence-electron chi connectivity index (χ3n) is 3.47. The summed E-state index contributed by atoms with van der Waals surface area (Å²) in [5.41, 5.74) is 1.64. The molecule has 23 heavy (non-hydrogen) atoms. The first-order valence-electron chi connectivity index (χ1n) is 7.23. The van der Waals surface area contributed by atoms with Crippen molar-refractivity contribution in [3.63, 3.8) is 0 Å². The molecule has 0 atom stereocenters. The Hall–Kier alpha value is -3.21. The molecule has 2 heterocycles. The lowest BCUT2D eigenvalue weighted by Gasteiger charge is -2.05. The van der Waals surface area contributed by atoms with Crippen LogP contribution in [0.15, 0.2) is 71.5 Å². The Kier molecular flexibility index (Phi) is 3.44. The number of benzene rings is 2. The number of aromatic nitrogens is 3. The molecule has 0 fully saturated rings. The van der Waals surface area contributed by atoms with E-state index in [-0.39, 0.29) is 6.61 Å². The molecule has 0 N–H and O–H groups in total. The quantitative estimate of drug-likeness (QED) is 0.573. The highest BCUT2D eigenvalue weighted by Gasteiger charge is 2.09. The summed E-state index contributed by atoms with van der Waals surface area (Å²) in [4.78, 5) is 4.44. The standard InChI is InChI=1S/C18H13N3O2/c1-2-6-13(7-3-1)17-20-15(11-22-17)12-23-18-16-9-5-4-8-14(16)10-19-21-18/h1-11H,12H2. The summed E-state index contributed by atoms with van der Waals surface area (Å²) in [5, 5.41) is 9.93. The van der Waals surface area contributed by atoms with Crippen LogP contribution in [0.4, 0.5) is 0 Å². The van der Waals surface area contributed by atoms with Crippen LogP contribution in [0.25, 0.3) is 22.2 Å². The Bertz CT molecular complexity index is 930. The van der Waals surface area contributed by atoms with Crippen LogP contribution in [0.5, 0.6) is 5.88 Å². The van der Waals surface area contributed by atoms with Crippen molar-refractivity contribution in [3.05, 3.63) is 72.8 Å². The van der Waals surface area contributed by atoms with E-state index in [1.807, 2.05) is 54.6 Å². The van der Waals surface area contributed by atoms with E-state index in [0.29, 0.717) is 17.5 Å². The van der Waals surface area contributed by atoms with Gasteiger partial charge in [-0.2, -0.15) is 5.10 Å². The number of rotatable bonds is 4. The SMILES string of the molecule is c1ccc(-c2nc(COc3nncc4ccccc34)co2)cc1. The van der Waals surface area contributed by atoms with Gasteiger partial charge in [0.15, 0.2) is 0 Å². The van der Waals surface area contributed by atoms with Crippen LogP contribution in [0, 0.1) is 0 Å². The van der Waals surface area contributed by atoms with Gasteiger partial charge in [-0.15, -0.1) is 5.10 Å². The van der Waals surface area contributed by atoms with Gasteiger partial charge in [-0.3, -0.25) is 0 Å². The topological polar surface area (TPSA) is 61.0 Å². The Morgan fingerprint density at radius 3 is 2.70 bits per heavy atom. The summed E-state index contributed by atoms with van der Waals surface area (Å²) in [7, 11) is 0. The van der Waals surface area contributed by atoms with Gasteiger partial charge in [0.1, 0.15) is 18.6 Å². The summed E-state index contributed by atoms with van der Waals surface area (Å²) in [6, 6.07) is 17.6. The van der Waals surface area contributed by atoms with Crippen molar-refractivity contribution < 1.29 is 9.15 Å². The van der Waals surface area contributed by atoms with E-state index < -0.39 is 0 Å². The van der Waals surface area contributed by atoms with Crippen LogP contribution in [-0.2, 0) is 6.61 Å². The van der Waals surface area contributed by atoms with E-state index in [4.69, 9.17) is 9.15 Å². The Labute approximate surface area is 132 Å². The second-order valence-electron chi connectivity index (χ2n) is 5.04. The van der Waals surface area contributed by atoms with Crippen LogP contribution >= 0.6 is 0 Å². The third-order valence-corrected chi connectivity index (χ3v) is 3.47. The molecule has 5 nitrogen and oxygen atoms in total. The van der Waals surface area contributed by atoms with E-state index in [9.17, 15) is 0 Å². The smallest absolute Gasteiger partial charge is 0.241 e. The van der Waals surface area contributed by atoms with E-state index in [2.05, 4.69) is 15.2 Å². The van der Waals surface area contributed by atoms with E-state index in [0.717, 1.165) is 16.3 Å². The minimum absolute atomic E-state index is 0.277. The largest absolute Gasteiger partial charge is 0.470 e. The van der Waals surface area contributed by atoms with Crippen LogP contribution in [0.2, 0.25) is 0 Å². The van der Waals surface area contributed by atoms with Crippen molar-refractivity contribution in [2.24, 2.45) is 0 Å². The van der Waals surface area contributed by atoms with Gasteiger partial charge < -0.3 is 9.15 Å². The predicted molar refractivity (Wildman–Crippen MR) is 85.8 cm³/mol. The highest BCUT2D eigenvalue weighted by Crippen LogP contribution is 2.23. The second kappa shape index (κ2) is 5.88. The molecule has 2 aromatic carbocycles. The first kappa shape index (κ1) is 13.5. The van der Waals surface area contributed by atoms with Gasteiger partial charge in [0.2, 0.25) is 11.8 Å². The highest BCUT2D eigenvalue weighted by atomic mass is 16.5. The molecule has 0 aliphatic rings. The number of fused-ring (bicyclic) bond motifs is 1. The minimum Gasteiger partial charge on any atom is -0.470 e. The zero-order chi connectivity index (χ0) is 15.5. The number of hydrogen-bond donors (Lipinski definition) is 0. The van der Waals surface area contributed by atoms with Crippen LogP contribution in [-0.4, -0.2) is 15.2 Å².